The summed E-state index contributed by atoms with van der Waals surface area (Å²) in [6, 6.07) is 4.19. The number of aromatic hydroxyl groups is 1. The van der Waals surface area contributed by atoms with Gasteiger partial charge in [0.1, 0.15) is 0 Å². The predicted molar refractivity (Wildman–Crippen MR) is 50.8 cm³/mol. The van der Waals surface area contributed by atoms with E-state index in [-0.39, 0.29) is 5.75 Å². The summed E-state index contributed by atoms with van der Waals surface area (Å²) in [5.74, 6) is -0.972. The standard InChI is InChI=1S/C10H12FNO/c1-7(4-5-12)8-2-3-10(13)9(11)6-8/h2-3,6,13H,1,4-5,12H2. The molecule has 1 rings (SSSR count). The minimum absolute atomic E-state index is 0.343. The van der Waals surface area contributed by atoms with E-state index in [2.05, 4.69) is 6.58 Å². The van der Waals surface area contributed by atoms with Crippen molar-refractivity contribution in [3.8, 4) is 5.75 Å². The third-order valence-electron chi connectivity index (χ3n) is 1.80. The highest BCUT2D eigenvalue weighted by atomic mass is 19.1. The van der Waals surface area contributed by atoms with Crippen molar-refractivity contribution in [2.24, 2.45) is 5.73 Å². The molecule has 0 radical (unpaired) electrons. The van der Waals surface area contributed by atoms with Crippen LogP contribution in [-0.2, 0) is 0 Å². The number of benzene rings is 1. The highest BCUT2D eigenvalue weighted by Crippen LogP contribution is 2.21. The van der Waals surface area contributed by atoms with Gasteiger partial charge in [-0.25, -0.2) is 4.39 Å². The van der Waals surface area contributed by atoms with Crippen molar-refractivity contribution in [1.29, 1.82) is 0 Å². The summed E-state index contributed by atoms with van der Waals surface area (Å²) in [5.41, 5.74) is 6.79. The van der Waals surface area contributed by atoms with E-state index in [1.807, 2.05) is 0 Å². The van der Waals surface area contributed by atoms with Gasteiger partial charge in [0.25, 0.3) is 0 Å². The van der Waals surface area contributed by atoms with E-state index < -0.39 is 5.82 Å². The lowest BCUT2D eigenvalue weighted by atomic mass is 10.0. The average molecular weight is 181 g/mol. The molecule has 0 saturated heterocycles. The van der Waals surface area contributed by atoms with E-state index in [1.54, 1.807) is 6.07 Å². The Morgan fingerprint density at radius 3 is 2.77 bits per heavy atom. The zero-order valence-corrected chi connectivity index (χ0v) is 7.26. The van der Waals surface area contributed by atoms with Crippen molar-refractivity contribution >= 4 is 5.57 Å². The maximum absolute atomic E-state index is 12.9. The number of phenols is 1. The number of hydrogen-bond donors (Lipinski definition) is 2. The van der Waals surface area contributed by atoms with Crippen LogP contribution in [0.4, 0.5) is 4.39 Å². The number of hydrogen-bond acceptors (Lipinski definition) is 2. The molecule has 0 amide bonds. The van der Waals surface area contributed by atoms with Crippen LogP contribution >= 0.6 is 0 Å². The highest BCUT2D eigenvalue weighted by Gasteiger charge is 2.03. The van der Waals surface area contributed by atoms with Crippen LogP contribution in [0, 0.1) is 5.82 Å². The molecule has 0 aliphatic heterocycles. The van der Waals surface area contributed by atoms with Crippen LogP contribution in [0.3, 0.4) is 0 Å². The first-order chi connectivity index (χ1) is 6.15. The van der Waals surface area contributed by atoms with Gasteiger partial charge in [0.2, 0.25) is 0 Å². The lowest BCUT2D eigenvalue weighted by Crippen LogP contribution is -1.99. The molecule has 70 valence electrons. The first-order valence-electron chi connectivity index (χ1n) is 4.02. The lowest BCUT2D eigenvalue weighted by Gasteiger charge is -2.04. The first-order valence-corrected chi connectivity index (χ1v) is 4.02. The van der Waals surface area contributed by atoms with Crippen LogP contribution in [0.5, 0.6) is 5.75 Å². The van der Waals surface area contributed by atoms with Crippen LogP contribution in [0.15, 0.2) is 24.8 Å². The molecule has 0 bridgehead atoms. The molecule has 0 heterocycles. The zero-order chi connectivity index (χ0) is 9.84. The fourth-order valence-corrected chi connectivity index (χ4v) is 1.05. The van der Waals surface area contributed by atoms with Crippen molar-refractivity contribution in [1.82, 2.24) is 0 Å². The van der Waals surface area contributed by atoms with Gasteiger partial charge in [-0.1, -0.05) is 12.6 Å². The molecule has 0 aromatic heterocycles. The Balaban J connectivity index is 2.90. The number of nitrogens with two attached hydrogens (primary N) is 1. The Morgan fingerprint density at radius 1 is 1.54 bits per heavy atom. The summed E-state index contributed by atoms with van der Waals surface area (Å²) < 4.78 is 12.9. The fraction of sp³-hybridized carbons (Fsp3) is 0.200. The van der Waals surface area contributed by atoms with Crippen molar-refractivity contribution in [2.45, 2.75) is 6.42 Å². The molecule has 2 nitrogen and oxygen atoms in total. The third-order valence-corrected chi connectivity index (χ3v) is 1.80. The van der Waals surface area contributed by atoms with Crippen LogP contribution in [-0.4, -0.2) is 11.7 Å². The average Bonchev–Trinajstić information content (AvgIpc) is 2.10. The van der Waals surface area contributed by atoms with Gasteiger partial charge >= 0.3 is 0 Å². The Hall–Kier alpha value is -1.35. The van der Waals surface area contributed by atoms with E-state index in [1.165, 1.54) is 12.1 Å². The fourth-order valence-electron chi connectivity index (χ4n) is 1.05. The second-order valence-corrected chi connectivity index (χ2v) is 2.81. The van der Waals surface area contributed by atoms with Crippen LogP contribution in [0.25, 0.3) is 5.57 Å². The molecule has 1 aromatic rings. The Labute approximate surface area is 76.5 Å². The minimum Gasteiger partial charge on any atom is -0.505 e. The molecule has 0 spiro atoms. The maximum atomic E-state index is 12.9. The van der Waals surface area contributed by atoms with E-state index in [0.29, 0.717) is 18.5 Å². The van der Waals surface area contributed by atoms with E-state index in [9.17, 15) is 4.39 Å². The second kappa shape index (κ2) is 4.05. The summed E-state index contributed by atoms with van der Waals surface area (Å²) in [7, 11) is 0. The van der Waals surface area contributed by atoms with Crippen molar-refractivity contribution in [3.05, 3.63) is 36.2 Å². The molecule has 0 aliphatic rings. The number of rotatable bonds is 3. The quantitative estimate of drug-likeness (QED) is 0.748. The summed E-state index contributed by atoms with van der Waals surface area (Å²) in [4.78, 5) is 0. The smallest absolute Gasteiger partial charge is 0.165 e. The Kier molecular flexibility index (Phi) is 3.03. The third kappa shape index (κ3) is 2.29. The topological polar surface area (TPSA) is 46.2 Å². The normalized spacial score (nSPS) is 10.0. The molecule has 0 unspecified atom stereocenters. The van der Waals surface area contributed by atoms with Gasteiger partial charge in [0.05, 0.1) is 0 Å². The summed E-state index contributed by atoms with van der Waals surface area (Å²) in [6.07, 6.45) is 0.629. The molecule has 3 heteroatoms. The van der Waals surface area contributed by atoms with Crippen molar-refractivity contribution in [2.75, 3.05) is 6.54 Å². The van der Waals surface area contributed by atoms with Crippen LogP contribution < -0.4 is 5.73 Å². The molecule has 0 aliphatic carbocycles. The second-order valence-electron chi connectivity index (χ2n) is 2.81. The molecule has 1 aromatic carbocycles. The Bertz CT molecular complexity index is 323. The molecule has 3 N–H and O–H groups in total. The van der Waals surface area contributed by atoms with Gasteiger partial charge in [-0.3, -0.25) is 0 Å². The van der Waals surface area contributed by atoms with E-state index in [0.717, 1.165) is 5.57 Å². The maximum Gasteiger partial charge on any atom is 0.165 e. The van der Waals surface area contributed by atoms with Crippen LogP contribution in [0.1, 0.15) is 12.0 Å². The molecule has 0 atom stereocenters. The first kappa shape index (κ1) is 9.74. The van der Waals surface area contributed by atoms with E-state index in [4.69, 9.17) is 10.8 Å². The summed E-state index contributed by atoms with van der Waals surface area (Å²) in [6.45, 7) is 4.24. The summed E-state index contributed by atoms with van der Waals surface area (Å²) >= 11 is 0. The van der Waals surface area contributed by atoms with E-state index >= 15 is 0 Å². The largest absolute Gasteiger partial charge is 0.505 e. The summed E-state index contributed by atoms with van der Waals surface area (Å²) in [5, 5.41) is 8.93. The lowest BCUT2D eigenvalue weighted by molar-refractivity contribution is 0.432. The van der Waals surface area contributed by atoms with Gasteiger partial charge in [-0.15, -0.1) is 0 Å². The van der Waals surface area contributed by atoms with Crippen molar-refractivity contribution in [3.63, 3.8) is 0 Å². The zero-order valence-electron chi connectivity index (χ0n) is 7.26. The monoisotopic (exact) mass is 181 g/mol. The van der Waals surface area contributed by atoms with Crippen LogP contribution in [0.2, 0.25) is 0 Å². The molecular weight excluding hydrogens is 169 g/mol. The van der Waals surface area contributed by atoms with Gasteiger partial charge in [-0.05, 0) is 36.2 Å². The molecule has 0 fully saturated rings. The minimum atomic E-state index is -0.629. The molecular formula is C10H12FNO. The molecule has 13 heavy (non-hydrogen) atoms. The van der Waals surface area contributed by atoms with Gasteiger partial charge in [0.15, 0.2) is 11.6 Å². The van der Waals surface area contributed by atoms with Crippen molar-refractivity contribution < 1.29 is 9.50 Å². The number of phenolic OH excluding ortho intramolecular Hbond substituents is 1. The molecule has 0 saturated carbocycles. The van der Waals surface area contributed by atoms with Gasteiger partial charge < -0.3 is 10.8 Å². The predicted octanol–water partition coefficient (Wildman–Crippen LogP) is 1.89. The number of halogens is 1. The SMILES string of the molecule is C=C(CCN)c1ccc(O)c(F)c1. The van der Waals surface area contributed by atoms with Gasteiger partial charge in [0, 0.05) is 0 Å². The highest BCUT2D eigenvalue weighted by molar-refractivity contribution is 5.64. The Morgan fingerprint density at radius 2 is 2.23 bits per heavy atom. The van der Waals surface area contributed by atoms with Gasteiger partial charge in [-0.2, -0.15) is 0 Å².